The van der Waals surface area contributed by atoms with Crippen LogP contribution in [0.2, 0.25) is 0 Å². The van der Waals surface area contributed by atoms with E-state index in [1.807, 2.05) is 31.4 Å². The Morgan fingerprint density at radius 2 is 1.95 bits per heavy atom. The lowest BCUT2D eigenvalue weighted by Gasteiger charge is -2.10. The molecule has 0 saturated carbocycles. The molecule has 0 aliphatic heterocycles. The van der Waals surface area contributed by atoms with Crippen molar-refractivity contribution in [3.8, 4) is 5.75 Å². The van der Waals surface area contributed by atoms with E-state index in [1.54, 1.807) is 36.0 Å². The predicted molar refractivity (Wildman–Crippen MR) is 79.0 cm³/mol. The molecule has 0 spiro atoms. The van der Waals surface area contributed by atoms with Crippen molar-refractivity contribution in [1.82, 2.24) is 0 Å². The first kappa shape index (κ1) is 13.5. The fourth-order valence-electron chi connectivity index (χ4n) is 1.81. The number of aryl methyl sites for hydroxylation is 1. The molecule has 0 fully saturated rings. The largest absolute Gasteiger partial charge is 0.508 e. The van der Waals surface area contributed by atoms with Crippen molar-refractivity contribution in [3.05, 3.63) is 53.6 Å². The van der Waals surface area contributed by atoms with Gasteiger partial charge in [0.1, 0.15) is 5.75 Å². The number of benzene rings is 2. The van der Waals surface area contributed by atoms with E-state index in [0.717, 1.165) is 10.5 Å². The molecule has 98 valence electrons. The number of phenolic OH excluding ortho intramolecular Hbond substituents is 1. The molecule has 2 rings (SSSR count). The number of amides is 1. The number of anilines is 1. The van der Waals surface area contributed by atoms with Gasteiger partial charge in [0, 0.05) is 10.6 Å². The SMILES string of the molecule is CSc1ccccc1C(=O)Nc1ccc(O)cc1C. The van der Waals surface area contributed by atoms with Gasteiger partial charge in [-0.2, -0.15) is 0 Å². The zero-order valence-electron chi connectivity index (χ0n) is 10.8. The van der Waals surface area contributed by atoms with Gasteiger partial charge in [0.2, 0.25) is 0 Å². The van der Waals surface area contributed by atoms with Gasteiger partial charge in [-0.15, -0.1) is 11.8 Å². The van der Waals surface area contributed by atoms with Crippen LogP contribution in [0.1, 0.15) is 15.9 Å². The summed E-state index contributed by atoms with van der Waals surface area (Å²) in [5.74, 6) is 0.0544. The highest BCUT2D eigenvalue weighted by Crippen LogP contribution is 2.23. The average Bonchev–Trinajstić information content (AvgIpc) is 2.41. The maximum Gasteiger partial charge on any atom is 0.256 e. The van der Waals surface area contributed by atoms with E-state index >= 15 is 0 Å². The predicted octanol–water partition coefficient (Wildman–Crippen LogP) is 3.67. The zero-order valence-corrected chi connectivity index (χ0v) is 11.6. The first-order valence-corrected chi connectivity index (χ1v) is 7.08. The number of hydrogen-bond donors (Lipinski definition) is 2. The van der Waals surface area contributed by atoms with Crippen LogP contribution in [0.15, 0.2) is 47.4 Å². The van der Waals surface area contributed by atoms with Crippen LogP contribution in [0.3, 0.4) is 0 Å². The minimum absolute atomic E-state index is 0.140. The van der Waals surface area contributed by atoms with Gasteiger partial charge < -0.3 is 10.4 Å². The van der Waals surface area contributed by atoms with Gasteiger partial charge in [-0.3, -0.25) is 4.79 Å². The van der Waals surface area contributed by atoms with E-state index in [1.165, 1.54) is 0 Å². The molecule has 4 heteroatoms. The van der Waals surface area contributed by atoms with Crippen LogP contribution < -0.4 is 5.32 Å². The van der Waals surface area contributed by atoms with Crippen molar-refractivity contribution in [3.63, 3.8) is 0 Å². The van der Waals surface area contributed by atoms with Crippen molar-refractivity contribution in [2.45, 2.75) is 11.8 Å². The molecule has 0 radical (unpaired) electrons. The summed E-state index contributed by atoms with van der Waals surface area (Å²) in [7, 11) is 0. The first-order chi connectivity index (χ1) is 9.11. The number of phenols is 1. The Bertz CT molecular complexity index is 611. The molecule has 19 heavy (non-hydrogen) atoms. The quantitative estimate of drug-likeness (QED) is 0.662. The summed E-state index contributed by atoms with van der Waals surface area (Å²) in [5.41, 5.74) is 2.19. The van der Waals surface area contributed by atoms with Gasteiger partial charge >= 0.3 is 0 Å². The van der Waals surface area contributed by atoms with Crippen LogP contribution in [-0.4, -0.2) is 17.3 Å². The molecule has 1 amide bonds. The Morgan fingerprint density at radius 1 is 1.21 bits per heavy atom. The van der Waals surface area contributed by atoms with Crippen molar-refractivity contribution in [2.75, 3.05) is 11.6 Å². The van der Waals surface area contributed by atoms with Crippen molar-refractivity contribution in [2.24, 2.45) is 0 Å². The Morgan fingerprint density at radius 3 is 2.63 bits per heavy atom. The fraction of sp³-hybridized carbons (Fsp3) is 0.133. The molecule has 0 atom stereocenters. The summed E-state index contributed by atoms with van der Waals surface area (Å²) in [6, 6.07) is 12.4. The van der Waals surface area contributed by atoms with E-state index in [2.05, 4.69) is 5.32 Å². The van der Waals surface area contributed by atoms with Crippen LogP contribution in [-0.2, 0) is 0 Å². The zero-order chi connectivity index (χ0) is 13.8. The second-order valence-electron chi connectivity index (χ2n) is 4.15. The average molecular weight is 273 g/mol. The Balaban J connectivity index is 2.26. The van der Waals surface area contributed by atoms with Crippen LogP contribution in [0.25, 0.3) is 0 Å². The highest BCUT2D eigenvalue weighted by molar-refractivity contribution is 7.98. The van der Waals surface area contributed by atoms with Crippen molar-refractivity contribution >= 4 is 23.4 Å². The Labute approximate surface area is 116 Å². The van der Waals surface area contributed by atoms with E-state index in [-0.39, 0.29) is 11.7 Å². The van der Waals surface area contributed by atoms with Crippen LogP contribution in [0.5, 0.6) is 5.75 Å². The molecule has 0 aliphatic rings. The highest BCUT2D eigenvalue weighted by atomic mass is 32.2. The second kappa shape index (κ2) is 5.80. The van der Waals surface area contributed by atoms with Crippen LogP contribution in [0, 0.1) is 6.92 Å². The van der Waals surface area contributed by atoms with Crippen molar-refractivity contribution in [1.29, 1.82) is 0 Å². The number of hydrogen-bond acceptors (Lipinski definition) is 3. The molecule has 0 aliphatic carbocycles. The molecular formula is C15H15NO2S. The third-order valence-electron chi connectivity index (χ3n) is 2.81. The molecule has 3 nitrogen and oxygen atoms in total. The third-order valence-corrected chi connectivity index (χ3v) is 3.61. The number of rotatable bonds is 3. The van der Waals surface area contributed by atoms with E-state index in [4.69, 9.17) is 0 Å². The van der Waals surface area contributed by atoms with Gasteiger partial charge in [0.15, 0.2) is 0 Å². The summed E-state index contributed by atoms with van der Waals surface area (Å²) in [6.45, 7) is 1.84. The number of carbonyl (C=O) groups is 1. The van der Waals surface area contributed by atoms with E-state index < -0.39 is 0 Å². The highest BCUT2D eigenvalue weighted by Gasteiger charge is 2.11. The summed E-state index contributed by atoms with van der Waals surface area (Å²) in [4.78, 5) is 13.2. The summed E-state index contributed by atoms with van der Waals surface area (Å²) < 4.78 is 0. The van der Waals surface area contributed by atoms with Gasteiger partial charge in [0.25, 0.3) is 5.91 Å². The lowest BCUT2D eigenvalue weighted by molar-refractivity contribution is 0.102. The van der Waals surface area contributed by atoms with Gasteiger partial charge in [-0.1, -0.05) is 12.1 Å². The smallest absolute Gasteiger partial charge is 0.256 e. The van der Waals surface area contributed by atoms with Gasteiger partial charge in [-0.25, -0.2) is 0 Å². The lowest BCUT2D eigenvalue weighted by atomic mass is 10.1. The fourth-order valence-corrected chi connectivity index (χ4v) is 2.41. The lowest BCUT2D eigenvalue weighted by Crippen LogP contribution is -2.13. The third kappa shape index (κ3) is 3.09. The number of aromatic hydroxyl groups is 1. The molecule has 0 saturated heterocycles. The molecule has 0 unspecified atom stereocenters. The molecule has 0 aromatic heterocycles. The number of nitrogens with one attached hydrogen (secondary N) is 1. The molecule has 0 heterocycles. The van der Waals surface area contributed by atoms with Gasteiger partial charge in [-0.05, 0) is 49.1 Å². The second-order valence-corrected chi connectivity index (χ2v) is 5.00. The summed E-state index contributed by atoms with van der Waals surface area (Å²) >= 11 is 1.54. The maximum absolute atomic E-state index is 12.2. The molecular weight excluding hydrogens is 258 g/mol. The summed E-state index contributed by atoms with van der Waals surface area (Å²) in [5, 5.41) is 12.2. The van der Waals surface area contributed by atoms with Crippen LogP contribution in [0.4, 0.5) is 5.69 Å². The monoisotopic (exact) mass is 273 g/mol. The Hall–Kier alpha value is -1.94. The number of carbonyl (C=O) groups excluding carboxylic acids is 1. The maximum atomic E-state index is 12.2. The van der Waals surface area contributed by atoms with Gasteiger partial charge in [0.05, 0.1) is 5.56 Å². The molecule has 2 aromatic carbocycles. The molecule has 0 bridgehead atoms. The van der Waals surface area contributed by atoms with E-state index in [0.29, 0.717) is 11.3 Å². The normalized spacial score (nSPS) is 10.2. The molecule has 2 N–H and O–H groups in total. The van der Waals surface area contributed by atoms with E-state index in [9.17, 15) is 9.90 Å². The number of thioether (sulfide) groups is 1. The van der Waals surface area contributed by atoms with Crippen LogP contribution >= 0.6 is 11.8 Å². The Kier molecular flexibility index (Phi) is 4.12. The topological polar surface area (TPSA) is 49.3 Å². The molecule has 2 aromatic rings. The first-order valence-electron chi connectivity index (χ1n) is 5.86. The summed E-state index contributed by atoms with van der Waals surface area (Å²) in [6.07, 6.45) is 1.94. The minimum atomic E-state index is -0.140. The standard InChI is InChI=1S/C15H15NO2S/c1-10-9-11(17)7-8-13(10)16-15(18)12-5-3-4-6-14(12)19-2/h3-9,17H,1-2H3,(H,16,18). The minimum Gasteiger partial charge on any atom is -0.508 e. The van der Waals surface area contributed by atoms with Crippen molar-refractivity contribution < 1.29 is 9.90 Å².